The topological polar surface area (TPSA) is 17.1 Å². The van der Waals surface area contributed by atoms with Crippen LogP contribution in [-0.4, -0.2) is 11.7 Å². The van der Waals surface area contributed by atoms with Crippen LogP contribution in [0, 0.1) is 0 Å². The molecule has 0 spiro atoms. The molecular formula is C13H17ClO. The summed E-state index contributed by atoms with van der Waals surface area (Å²) in [4.78, 5) is 11.2. The lowest BCUT2D eigenvalue weighted by atomic mass is 10.0. The van der Waals surface area contributed by atoms with Crippen LogP contribution in [0.1, 0.15) is 30.9 Å². The smallest absolute Gasteiger partial charge is 0.151 e. The molecule has 0 aliphatic heterocycles. The number of benzene rings is 1. The van der Waals surface area contributed by atoms with Crippen LogP contribution in [0.4, 0.5) is 0 Å². The first-order valence-corrected chi connectivity index (χ1v) is 5.95. The highest BCUT2D eigenvalue weighted by molar-refractivity contribution is 6.27. The van der Waals surface area contributed by atoms with E-state index in [4.69, 9.17) is 11.6 Å². The number of ketones is 1. The molecule has 0 radical (unpaired) electrons. The Morgan fingerprint density at radius 3 is 2.73 bits per heavy atom. The predicted molar refractivity (Wildman–Crippen MR) is 64.5 cm³/mol. The maximum Gasteiger partial charge on any atom is 0.151 e. The van der Waals surface area contributed by atoms with E-state index >= 15 is 0 Å². The van der Waals surface area contributed by atoms with Gasteiger partial charge in [-0.05, 0) is 24.0 Å². The molecule has 1 aromatic carbocycles. The molecule has 0 heterocycles. The average Bonchev–Trinajstić information content (AvgIpc) is 2.26. The lowest BCUT2D eigenvalue weighted by Gasteiger charge is -2.03. The number of rotatable bonds is 6. The van der Waals surface area contributed by atoms with Gasteiger partial charge < -0.3 is 0 Å². The Morgan fingerprint density at radius 2 is 2.07 bits per heavy atom. The molecule has 0 amide bonds. The van der Waals surface area contributed by atoms with E-state index in [1.807, 2.05) is 12.1 Å². The van der Waals surface area contributed by atoms with E-state index in [-0.39, 0.29) is 11.7 Å². The number of carbonyl (C=O) groups excluding carboxylic acids is 1. The highest BCUT2D eigenvalue weighted by Gasteiger charge is 2.02. The maximum absolute atomic E-state index is 11.2. The lowest BCUT2D eigenvalue weighted by Crippen LogP contribution is -2.03. The summed E-state index contributed by atoms with van der Waals surface area (Å²) in [5, 5.41) is 0. The Balaban J connectivity index is 2.61. The summed E-state index contributed by atoms with van der Waals surface area (Å²) in [6.45, 7) is 2.18. The van der Waals surface area contributed by atoms with Crippen molar-refractivity contribution in [3.05, 3.63) is 35.4 Å². The molecule has 0 aliphatic rings. The number of alkyl halides is 1. The quantitative estimate of drug-likeness (QED) is 0.677. The van der Waals surface area contributed by atoms with Gasteiger partial charge in [0.05, 0.1) is 5.88 Å². The zero-order valence-electron chi connectivity index (χ0n) is 9.13. The van der Waals surface area contributed by atoms with Crippen molar-refractivity contribution in [3.63, 3.8) is 0 Å². The fourth-order valence-electron chi connectivity index (χ4n) is 1.55. The lowest BCUT2D eigenvalue weighted by molar-refractivity contribution is -0.116. The molecule has 0 bridgehead atoms. The van der Waals surface area contributed by atoms with Crippen molar-refractivity contribution >= 4 is 17.4 Å². The Hall–Kier alpha value is -0.820. The summed E-state index contributed by atoms with van der Waals surface area (Å²) in [5.74, 6) is 0.198. The van der Waals surface area contributed by atoms with E-state index in [2.05, 4.69) is 19.1 Å². The first-order chi connectivity index (χ1) is 7.26. The maximum atomic E-state index is 11.2. The van der Waals surface area contributed by atoms with Crippen molar-refractivity contribution in [1.82, 2.24) is 0 Å². The number of unbranched alkanes of at least 4 members (excludes halogenated alkanes) is 1. The zero-order chi connectivity index (χ0) is 11.1. The number of aryl methyl sites for hydroxylation is 1. The number of Topliss-reactive ketones (excluding diaryl/α,β-unsaturated/α-hetero) is 1. The van der Waals surface area contributed by atoms with Crippen LogP contribution in [0.25, 0.3) is 0 Å². The summed E-state index contributed by atoms with van der Waals surface area (Å²) in [6, 6.07) is 8.23. The molecule has 1 aromatic rings. The van der Waals surface area contributed by atoms with Crippen molar-refractivity contribution in [1.29, 1.82) is 0 Å². The summed E-state index contributed by atoms with van der Waals surface area (Å²) >= 11 is 5.48. The molecule has 15 heavy (non-hydrogen) atoms. The van der Waals surface area contributed by atoms with Crippen molar-refractivity contribution in [2.75, 3.05) is 5.88 Å². The second kappa shape index (κ2) is 6.62. The molecule has 82 valence electrons. The van der Waals surface area contributed by atoms with Crippen LogP contribution in [0.2, 0.25) is 0 Å². The minimum absolute atomic E-state index is 0.0873. The number of hydrogen-bond acceptors (Lipinski definition) is 1. The molecular weight excluding hydrogens is 208 g/mol. The van der Waals surface area contributed by atoms with Crippen molar-refractivity contribution < 1.29 is 4.79 Å². The standard InChI is InChI=1S/C13H17ClO/c1-2-3-5-11-6-4-7-12(8-11)9-13(15)10-14/h4,6-8H,2-3,5,9-10H2,1H3. The molecule has 0 saturated heterocycles. The van der Waals surface area contributed by atoms with Gasteiger partial charge >= 0.3 is 0 Å². The van der Waals surface area contributed by atoms with Crippen molar-refractivity contribution in [2.24, 2.45) is 0 Å². The normalized spacial score (nSPS) is 10.3. The van der Waals surface area contributed by atoms with Gasteiger partial charge in [-0.2, -0.15) is 0 Å². The second-order valence-electron chi connectivity index (χ2n) is 3.77. The average molecular weight is 225 g/mol. The highest BCUT2D eigenvalue weighted by atomic mass is 35.5. The molecule has 0 atom stereocenters. The van der Waals surface area contributed by atoms with Gasteiger partial charge in [-0.15, -0.1) is 11.6 Å². The molecule has 0 aromatic heterocycles. The van der Waals surface area contributed by atoms with Gasteiger partial charge in [-0.3, -0.25) is 4.79 Å². The first kappa shape index (κ1) is 12.3. The molecule has 0 N–H and O–H groups in total. The van der Waals surface area contributed by atoms with Crippen LogP contribution < -0.4 is 0 Å². The van der Waals surface area contributed by atoms with Crippen molar-refractivity contribution in [2.45, 2.75) is 32.6 Å². The Morgan fingerprint density at radius 1 is 1.33 bits per heavy atom. The minimum atomic E-state index is 0.0873. The van der Waals surface area contributed by atoms with Gasteiger partial charge in [0, 0.05) is 6.42 Å². The molecule has 0 aliphatic carbocycles. The van der Waals surface area contributed by atoms with Gasteiger partial charge in [-0.25, -0.2) is 0 Å². The van der Waals surface area contributed by atoms with E-state index in [0.29, 0.717) is 6.42 Å². The molecule has 2 heteroatoms. The van der Waals surface area contributed by atoms with E-state index < -0.39 is 0 Å². The van der Waals surface area contributed by atoms with Crippen LogP contribution >= 0.6 is 11.6 Å². The van der Waals surface area contributed by atoms with E-state index in [1.54, 1.807) is 0 Å². The van der Waals surface area contributed by atoms with Crippen LogP contribution in [-0.2, 0) is 17.6 Å². The fraction of sp³-hybridized carbons (Fsp3) is 0.462. The summed E-state index contributed by atoms with van der Waals surface area (Å²) in [6.07, 6.45) is 3.96. The summed E-state index contributed by atoms with van der Waals surface area (Å²) < 4.78 is 0. The largest absolute Gasteiger partial charge is 0.298 e. The Bertz CT molecular complexity index is 320. The van der Waals surface area contributed by atoms with E-state index in [0.717, 1.165) is 12.0 Å². The summed E-state index contributed by atoms with van der Waals surface area (Å²) in [5.41, 5.74) is 2.39. The highest BCUT2D eigenvalue weighted by Crippen LogP contribution is 2.09. The van der Waals surface area contributed by atoms with E-state index in [1.165, 1.54) is 18.4 Å². The molecule has 0 saturated carbocycles. The van der Waals surface area contributed by atoms with Gasteiger partial charge in [0.15, 0.2) is 5.78 Å². The van der Waals surface area contributed by atoms with Gasteiger partial charge in [0.25, 0.3) is 0 Å². The second-order valence-corrected chi connectivity index (χ2v) is 4.04. The molecule has 1 nitrogen and oxygen atoms in total. The SMILES string of the molecule is CCCCc1cccc(CC(=O)CCl)c1. The van der Waals surface area contributed by atoms with Gasteiger partial charge in [0.2, 0.25) is 0 Å². The third-order valence-corrected chi connectivity index (χ3v) is 2.66. The molecule has 0 fully saturated rings. The third kappa shape index (κ3) is 4.48. The first-order valence-electron chi connectivity index (χ1n) is 5.41. The fourth-order valence-corrected chi connectivity index (χ4v) is 1.65. The van der Waals surface area contributed by atoms with Crippen LogP contribution in [0.15, 0.2) is 24.3 Å². The monoisotopic (exact) mass is 224 g/mol. The van der Waals surface area contributed by atoms with Crippen LogP contribution in [0.5, 0.6) is 0 Å². The predicted octanol–water partition coefficient (Wildman–Crippen LogP) is 3.38. The minimum Gasteiger partial charge on any atom is -0.298 e. The number of carbonyl (C=O) groups is 1. The van der Waals surface area contributed by atoms with Crippen molar-refractivity contribution in [3.8, 4) is 0 Å². The van der Waals surface area contributed by atoms with Crippen LogP contribution in [0.3, 0.4) is 0 Å². The van der Waals surface area contributed by atoms with Gasteiger partial charge in [-0.1, -0.05) is 37.6 Å². The molecule has 0 unspecified atom stereocenters. The zero-order valence-corrected chi connectivity index (χ0v) is 9.89. The Labute approximate surface area is 96.5 Å². The summed E-state index contributed by atoms with van der Waals surface area (Å²) in [7, 11) is 0. The molecule has 1 rings (SSSR count). The van der Waals surface area contributed by atoms with Gasteiger partial charge in [0.1, 0.15) is 0 Å². The third-order valence-electron chi connectivity index (χ3n) is 2.36. The number of hydrogen-bond donors (Lipinski definition) is 0. The van der Waals surface area contributed by atoms with E-state index in [9.17, 15) is 4.79 Å². The number of halogens is 1. The Kier molecular flexibility index (Phi) is 5.41.